The summed E-state index contributed by atoms with van der Waals surface area (Å²) in [7, 11) is 0. The Bertz CT molecular complexity index is 967. The van der Waals surface area contributed by atoms with Crippen LogP contribution in [-0.2, 0) is 17.8 Å². The van der Waals surface area contributed by atoms with Gasteiger partial charge < -0.3 is 15.2 Å². The van der Waals surface area contributed by atoms with E-state index in [9.17, 15) is 4.79 Å². The number of amides is 1. The molecule has 27 heavy (non-hydrogen) atoms. The smallest absolute Gasteiger partial charge is 0.237 e. The van der Waals surface area contributed by atoms with Gasteiger partial charge in [-0.2, -0.15) is 0 Å². The molecule has 3 aromatic rings. The van der Waals surface area contributed by atoms with E-state index in [0.29, 0.717) is 11.4 Å². The number of nitrogen functional groups attached to an aromatic ring is 1. The summed E-state index contributed by atoms with van der Waals surface area (Å²) < 4.78 is 2.03. The summed E-state index contributed by atoms with van der Waals surface area (Å²) >= 11 is 1.43. The van der Waals surface area contributed by atoms with Crippen LogP contribution in [0.15, 0.2) is 53.7 Å². The molecule has 0 saturated carbocycles. The lowest BCUT2D eigenvalue weighted by atomic mass is 10.2. The van der Waals surface area contributed by atoms with E-state index < -0.39 is 0 Å². The van der Waals surface area contributed by atoms with Crippen molar-refractivity contribution in [1.82, 2.24) is 14.8 Å². The van der Waals surface area contributed by atoms with E-state index in [1.807, 2.05) is 58.9 Å². The average Bonchev–Trinajstić information content (AvgIpc) is 3.30. The van der Waals surface area contributed by atoms with Crippen molar-refractivity contribution in [2.24, 2.45) is 0 Å². The topological polar surface area (TPSA) is 77.0 Å². The lowest BCUT2D eigenvalue weighted by molar-refractivity contribution is -0.116. The van der Waals surface area contributed by atoms with Gasteiger partial charge in [-0.3, -0.25) is 4.79 Å². The quantitative estimate of drug-likeness (QED) is 0.544. The van der Waals surface area contributed by atoms with Crippen LogP contribution in [0.1, 0.15) is 12.5 Å². The molecule has 6 nitrogen and oxygen atoms in total. The molecule has 138 valence electrons. The third-order valence-corrected chi connectivity index (χ3v) is 5.67. The predicted molar refractivity (Wildman–Crippen MR) is 109 cm³/mol. The van der Waals surface area contributed by atoms with Crippen LogP contribution >= 0.6 is 11.8 Å². The number of benzene rings is 2. The fourth-order valence-corrected chi connectivity index (χ4v) is 4.21. The fraction of sp³-hybridized carbons (Fsp3) is 0.250. The van der Waals surface area contributed by atoms with Crippen LogP contribution < -0.4 is 10.6 Å². The first kappa shape index (κ1) is 17.6. The van der Waals surface area contributed by atoms with E-state index in [1.165, 1.54) is 17.3 Å². The molecule has 2 aromatic carbocycles. The average molecular weight is 379 g/mol. The number of nitrogens with zero attached hydrogens (tertiary/aromatic N) is 4. The second-order valence-corrected chi connectivity index (χ2v) is 7.33. The molecule has 0 unspecified atom stereocenters. The molecule has 2 heterocycles. The van der Waals surface area contributed by atoms with Gasteiger partial charge in [0.1, 0.15) is 0 Å². The Morgan fingerprint density at radius 1 is 1.15 bits per heavy atom. The number of carbonyl (C=O) groups excluding carboxylic acids is 1. The van der Waals surface area contributed by atoms with E-state index in [4.69, 9.17) is 5.73 Å². The Hall–Kier alpha value is -2.80. The highest BCUT2D eigenvalue weighted by molar-refractivity contribution is 7.99. The third kappa shape index (κ3) is 3.42. The van der Waals surface area contributed by atoms with Crippen LogP contribution in [0.25, 0.3) is 11.4 Å². The minimum atomic E-state index is 0.102. The van der Waals surface area contributed by atoms with Gasteiger partial charge in [-0.1, -0.05) is 30.0 Å². The molecule has 2 N–H and O–H groups in total. The van der Waals surface area contributed by atoms with Gasteiger partial charge in [0.15, 0.2) is 11.0 Å². The lowest BCUT2D eigenvalue weighted by Crippen LogP contribution is -2.30. The van der Waals surface area contributed by atoms with E-state index in [0.717, 1.165) is 41.7 Å². The molecule has 0 saturated heterocycles. The molecule has 4 rings (SSSR count). The van der Waals surface area contributed by atoms with Crippen molar-refractivity contribution in [3.63, 3.8) is 0 Å². The molecular formula is C20H21N5OS. The number of rotatable bonds is 5. The summed E-state index contributed by atoms with van der Waals surface area (Å²) in [5.41, 5.74) is 9.71. The van der Waals surface area contributed by atoms with Crippen LogP contribution in [-0.4, -0.2) is 33.0 Å². The lowest BCUT2D eigenvalue weighted by Gasteiger charge is -2.17. The standard InChI is InChI=1S/C20H21N5OS/c1-2-24-19(15-7-9-16(21)10-8-15)22-23-20(24)27-13-18(26)25-12-11-14-5-3-4-6-17(14)25/h3-10H,2,11-13,21H2,1H3. The first-order chi connectivity index (χ1) is 13.2. The molecule has 0 spiro atoms. The minimum Gasteiger partial charge on any atom is -0.399 e. The van der Waals surface area contributed by atoms with Crippen LogP contribution in [0.4, 0.5) is 11.4 Å². The summed E-state index contributed by atoms with van der Waals surface area (Å²) in [5.74, 6) is 1.23. The van der Waals surface area contributed by atoms with Gasteiger partial charge in [0, 0.05) is 30.0 Å². The molecule has 0 aliphatic carbocycles. The van der Waals surface area contributed by atoms with Gasteiger partial charge in [-0.25, -0.2) is 0 Å². The van der Waals surface area contributed by atoms with E-state index >= 15 is 0 Å². The van der Waals surface area contributed by atoms with E-state index in [1.54, 1.807) is 0 Å². The number of hydrogen-bond acceptors (Lipinski definition) is 5. The first-order valence-electron chi connectivity index (χ1n) is 8.97. The normalized spacial score (nSPS) is 13.0. The predicted octanol–water partition coefficient (Wildman–Crippen LogP) is 3.23. The second-order valence-electron chi connectivity index (χ2n) is 6.39. The molecular weight excluding hydrogens is 358 g/mol. The number of thioether (sulfide) groups is 1. The Morgan fingerprint density at radius 3 is 2.70 bits per heavy atom. The molecule has 0 bridgehead atoms. The molecule has 1 aromatic heterocycles. The SMILES string of the molecule is CCn1c(SCC(=O)N2CCc3ccccc32)nnc1-c1ccc(N)cc1. The maximum atomic E-state index is 12.7. The van der Waals surface area contributed by atoms with Crippen LogP contribution in [0.2, 0.25) is 0 Å². The summed E-state index contributed by atoms with van der Waals surface area (Å²) in [6, 6.07) is 15.7. The number of para-hydroxylation sites is 1. The summed E-state index contributed by atoms with van der Waals surface area (Å²) in [6.45, 7) is 3.53. The zero-order valence-corrected chi connectivity index (χ0v) is 15.9. The van der Waals surface area contributed by atoms with Gasteiger partial charge in [0.2, 0.25) is 5.91 Å². The van der Waals surface area contributed by atoms with Crippen LogP contribution in [0.5, 0.6) is 0 Å². The number of carbonyl (C=O) groups is 1. The Kier molecular flexibility index (Phi) is 4.85. The minimum absolute atomic E-state index is 0.102. The fourth-order valence-electron chi connectivity index (χ4n) is 3.33. The molecule has 1 aliphatic rings. The summed E-state index contributed by atoms with van der Waals surface area (Å²) in [5, 5.41) is 9.38. The van der Waals surface area contributed by atoms with Gasteiger partial charge in [0.25, 0.3) is 0 Å². The van der Waals surface area contributed by atoms with Crippen molar-refractivity contribution in [1.29, 1.82) is 0 Å². The Balaban J connectivity index is 1.49. The second kappa shape index (κ2) is 7.44. The maximum Gasteiger partial charge on any atom is 0.237 e. The Labute approximate surface area is 162 Å². The van der Waals surface area contributed by atoms with Gasteiger partial charge in [-0.05, 0) is 49.2 Å². The molecule has 7 heteroatoms. The molecule has 0 atom stereocenters. The number of nitrogens with two attached hydrogens (primary N) is 1. The zero-order chi connectivity index (χ0) is 18.8. The van der Waals surface area contributed by atoms with Crippen LogP contribution in [0.3, 0.4) is 0 Å². The summed E-state index contributed by atoms with van der Waals surface area (Å²) in [6.07, 6.45) is 0.916. The Morgan fingerprint density at radius 2 is 1.93 bits per heavy atom. The largest absolute Gasteiger partial charge is 0.399 e. The van der Waals surface area contributed by atoms with E-state index in [-0.39, 0.29) is 5.91 Å². The van der Waals surface area contributed by atoms with Gasteiger partial charge >= 0.3 is 0 Å². The number of anilines is 2. The van der Waals surface area contributed by atoms with E-state index in [2.05, 4.69) is 16.3 Å². The number of aromatic nitrogens is 3. The summed E-state index contributed by atoms with van der Waals surface area (Å²) in [4.78, 5) is 14.6. The number of fused-ring (bicyclic) bond motifs is 1. The van der Waals surface area contributed by atoms with Gasteiger partial charge in [-0.15, -0.1) is 10.2 Å². The monoisotopic (exact) mass is 379 g/mol. The van der Waals surface area contributed by atoms with Crippen molar-refractivity contribution in [3.8, 4) is 11.4 Å². The molecule has 1 amide bonds. The van der Waals surface area contributed by atoms with Gasteiger partial charge in [0.05, 0.1) is 5.75 Å². The van der Waals surface area contributed by atoms with Crippen LogP contribution in [0, 0.1) is 0 Å². The van der Waals surface area contributed by atoms with Crippen molar-refractivity contribution >= 4 is 29.0 Å². The van der Waals surface area contributed by atoms with Crippen molar-refractivity contribution in [3.05, 3.63) is 54.1 Å². The molecule has 0 radical (unpaired) electrons. The maximum absolute atomic E-state index is 12.7. The third-order valence-electron chi connectivity index (χ3n) is 4.71. The highest BCUT2D eigenvalue weighted by Gasteiger charge is 2.24. The zero-order valence-electron chi connectivity index (χ0n) is 15.1. The number of hydrogen-bond donors (Lipinski definition) is 1. The first-order valence-corrected chi connectivity index (χ1v) is 9.96. The highest BCUT2D eigenvalue weighted by Crippen LogP contribution is 2.29. The van der Waals surface area contributed by atoms with Crippen molar-refractivity contribution < 1.29 is 4.79 Å². The van der Waals surface area contributed by atoms with Crippen molar-refractivity contribution in [2.45, 2.75) is 25.0 Å². The highest BCUT2D eigenvalue weighted by atomic mass is 32.2. The van der Waals surface area contributed by atoms with Crippen molar-refractivity contribution in [2.75, 3.05) is 22.9 Å². The molecule has 0 fully saturated rings. The molecule has 1 aliphatic heterocycles.